The van der Waals surface area contributed by atoms with E-state index in [1.54, 1.807) is 13.0 Å². The predicted octanol–water partition coefficient (Wildman–Crippen LogP) is 1.86. The summed E-state index contributed by atoms with van der Waals surface area (Å²) in [5.41, 5.74) is 0.433. The van der Waals surface area contributed by atoms with Gasteiger partial charge in [0, 0.05) is 12.6 Å². The van der Waals surface area contributed by atoms with Crippen LogP contribution in [0.5, 0.6) is 0 Å². The molecular formula is C13H14N2O4. The van der Waals surface area contributed by atoms with Gasteiger partial charge in [-0.1, -0.05) is 6.08 Å². The number of aromatic carboxylic acids is 1. The molecule has 0 unspecified atom stereocenters. The van der Waals surface area contributed by atoms with Crippen LogP contribution in [0, 0.1) is 0 Å². The molecule has 0 bridgehead atoms. The lowest BCUT2D eigenvalue weighted by Gasteiger charge is -2.09. The normalized spacial score (nSPS) is 10.2. The van der Waals surface area contributed by atoms with Crippen LogP contribution < -0.4 is 10.6 Å². The number of carboxylic acid groups (broad SMARTS) is 1. The third-order valence-corrected chi connectivity index (χ3v) is 2.15. The fourth-order valence-corrected chi connectivity index (χ4v) is 1.44. The molecule has 0 saturated heterocycles. The minimum atomic E-state index is -1.19. The molecule has 100 valence electrons. The standard InChI is InChI=1S/C13H14N2O4/c1-3-4-12(17)15-11-6-5-9(14-8(2)16)7-10(11)13(18)19/h3-7H,1-2H3,(H,14,16)(H,15,17)(H,18,19)/b4-3+. The topological polar surface area (TPSA) is 95.5 Å². The molecule has 0 aliphatic heterocycles. The monoisotopic (exact) mass is 262 g/mol. The van der Waals surface area contributed by atoms with Crippen LogP contribution in [0.3, 0.4) is 0 Å². The van der Waals surface area contributed by atoms with Gasteiger partial charge in [-0.05, 0) is 31.2 Å². The Morgan fingerprint density at radius 3 is 2.42 bits per heavy atom. The van der Waals surface area contributed by atoms with E-state index in [9.17, 15) is 14.4 Å². The van der Waals surface area contributed by atoms with E-state index in [1.807, 2.05) is 0 Å². The van der Waals surface area contributed by atoms with Crippen LogP contribution in [0.4, 0.5) is 11.4 Å². The van der Waals surface area contributed by atoms with Crippen molar-refractivity contribution in [3.8, 4) is 0 Å². The second kappa shape index (κ2) is 6.34. The first-order chi connectivity index (χ1) is 8.93. The van der Waals surface area contributed by atoms with Gasteiger partial charge in [0.1, 0.15) is 0 Å². The number of anilines is 2. The molecule has 6 nitrogen and oxygen atoms in total. The van der Waals surface area contributed by atoms with Crippen molar-refractivity contribution in [2.24, 2.45) is 0 Å². The SMILES string of the molecule is C/C=C/C(=O)Nc1ccc(NC(C)=O)cc1C(=O)O. The van der Waals surface area contributed by atoms with Gasteiger partial charge in [0.15, 0.2) is 0 Å². The quantitative estimate of drug-likeness (QED) is 0.721. The van der Waals surface area contributed by atoms with Gasteiger partial charge in [0.25, 0.3) is 0 Å². The summed E-state index contributed by atoms with van der Waals surface area (Å²) in [5.74, 6) is -1.91. The summed E-state index contributed by atoms with van der Waals surface area (Å²) >= 11 is 0. The molecule has 0 radical (unpaired) electrons. The molecule has 0 aliphatic rings. The number of rotatable bonds is 4. The Balaban J connectivity index is 3.08. The summed E-state index contributed by atoms with van der Waals surface area (Å²) in [6.07, 6.45) is 2.83. The molecule has 0 fully saturated rings. The summed E-state index contributed by atoms with van der Waals surface area (Å²) in [6.45, 7) is 3.00. The van der Waals surface area contributed by atoms with Crippen LogP contribution in [-0.2, 0) is 9.59 Å². The van der Waals surface area contributed by atoms with Crippen molar-refractivity contribution in [2.75, 3.05) is 10.6 Å². The molecule has 3 N–H and O–H groups in total. The third kappa shape index (κ3) is 4.27. The van der Waals surface area contributed by atoms with Gasteiger partial charge in [-0.15, -0.1) is 0 Å². The number of benzene rings is 1. The van der Waals surface area contributed by atoms with Gasteiger partial charge in [0.05, 0.1) is 11.3 Å². The second-order valence-corrected chi connectivity index (χ2v) is 3.74. The number of allylic oxidation sites excluding steroid dienone is 1. The zero-order chi connectivity index (χ0) is 14.4. The number of carboxylic acids is 1. The molecule has 19 heavy (non-hydrogen) atoms. The summed E-state index contributed by atoms with van der Waals surface area (Å²) < 4.78 is 0. The number of carbonyl (C=O) groups excluding carboxylic acids is 2. The first-order valence-corrected chi connectivity index (χ1v) is 5.52. The number of carbonyl (C=O) groups is 3. The lowest BCUT2D eigenvalue weighted by Crippen LogP contribution is -2.13. The van der Waals surface area contributed by atoms with E-state index in [0.717, 1.165) is 0 Å². The van der Waals surface area contributed by atoms with Crippen LogP contribution in [0.15, 0.2) is 30.4 Å². The van der Waals surface area contributed by atoms with Gasteiger partial charge >= 0.3 is 5.97 Å². The van der Waals surface area contributed by atoms with Gasteiger partial charge in [-0.2, -0.15) is 0 Å². The lowest BCUT2D eigenvalue weighted by molar-refractivity contribution is -0.114. The summed E-state index contributed by atoms with van der Waals surface area (Å²) in [4.78, 5) is 33.4. The molecule has 2 amide bonds. The maximum Gasteiger partial charge on any atom is 0.337 e. The highest BCUT2D eigenvalue weighted by molar-refractivity contribution is 6.05. The van der Waals surface area contributed by atoms with Crippen LogP contribution in [-0.4, -0.2) is 22.9 Å². The lowest BCUT2D eigenvalue weighted by atomic mass is 10.1. The maximum atomic E-state index is 11.4. The van der Waals surface area contributed by atoms with Crippen molar-refractivity contribution < 1.29 is 19.5 Å². The van der Waals surface area contributed by atoms with Crippen LogP contribution >= 0.6 is 0 Å². The van der Waals surface area contributed by atoms with E-state index < -0.39 is 11.9 Å². The van der Waals surface area contributed by atoms with Gasteiger partial charge in [-0.3, -0.25) is 9.59 Å². The average Bonchev–Trinajstić information content (AvgIpc) is 2.30. The Bertz CT molecular complexity index is 550. The Labute approximate surface area is 110 Å². The molecule has 0 atom stereocenters. The van der Waals surface area contributed by atoms with E-state index in [4.69, 9.17) is 5.11 Å². The van der Waals surface area contributed by atoms with Gasteiger partial charge in [-0.25, -0.2) is 4.79 Å². The molecule has 0 aromatic heterocycles. The summed E-state index contributed by atoms with van der Waals surface area (Å²) in [7, 11) is 0. The largest absolute Gasteiger partial charge is 0.478 e. The van der Waals surface area contributed by atoms with E-state index in [0.29, 0.717) is 5.69 Å². The van der Waals surface area contributed by atoms with Crippen LogP contribution in [0.1, 0.15) is 24.2 Å². The number of nitrogens with one attached hydrogen (secondary N) is 2. The van der Waals surface area contributed by atoms with Crippen LogP contribution in [0.2, 0.25) is 0 Å². The van der Waals surface area contributed by atoms with E-state index in [-0.39, 0.29) is 17.2 Å². The Morgan fingerprint density at radius 2 is 1.89 bits per heavy atom. The van der Waals surface area contributed by atoms with Crippen molar-refractivity contribution in [1.29, 1.82) is 0 Å². The molecule has 0 spiro atoms. The first kappa shape index (κ1) is 14.4. The minimum absolute atomic E-state index is 0.0934. The van der Waals surface area contributed by atoms with E-state index in [1.165, 1.54) is 31.2 Å². The predicted molar refractivity (Wildman–Crippen MR) is 71.1 cm³/mol. The number of hydrogen-bond acceptors (Lipinski definition) is 3. The smallest absolute Gasteiger partial charge is 0.337 e. The molecule has 6 heteroatoms. The molecular weight excluding hydrogens is 248 g/mol. The number of hydrogen-bond donors (Lipinski definition) is 3. The van der Waals surface area contributed by atoms with Crippen molar-refractivity contribution in [2.45, 2.75) is 13.8 Å². The van der Waals surface area contributed by atoms with E-state index >= 15 is 0 Å². The zero-order valence-electron chi connectivity index (χ0n) is 10.6. The Kier molecular flexibility index (Phi) is 4.82. The highest BCUT2D eigenvalue weighted by Crippen LogP contribution is 2.21. The number of amides is 2. The fraction of sp³-hybridized carbons (Fsp3) is 0.154. The molecule has 0 heterocycles. The molecule has 1 rings (SSSR count). The maximum absolute atomic E-state index is 11.4. The summed E-state index contributed by atoms with van der Waals surface area (Å²) in [5, 5.41) is 14.0. The first-order valence-electron chi connectivity index (χ1n) is 5.52. The van der Waals surface area contributed by atoms with Gasteiger partial charge in [0.2, 0.25) is 11.8 Å². The zero-order valence-corrected chi connectivity index (χ0v) is 10.6. The third-order valence-electron chi connectivity index (χ3n) is 2.15. The highest BCUT2D eigenvalue weighted by Gasteiger charge is 2.12. The Morgan fingerprint density at radius 1 is 1.21 bits per heavy atom. The van der Waals surface area contributed by atoms with Crippen molar-refractivity contribution >= 4 is 29.2 Å². The molecule has 0 saturated carbocycles. The average molecular weight is 262 g/mol. The van der Waals surface area contributed by atoms with Crippen LogP contribution in [0.25, 0.3) is 0 Å². The molecule has 0 aliphatic carbocycles. The minimum Gasteiger partial charge on any atom is -0.478 e. The highest BCUT2D eigenvalue weighted by atomic mass is 16.4. The molecule has 1 aromatic rings. The Hall–Kier alpha value is -2.63. The fourth-order valence-electron chi connectivity index (χ4n) is 1.44. The van der Waals surface area contributed by atoms with Crippen molar-refractivity contribution in [3.05, 3.63) is 35.9 Å². The van der Waals surface area contributed by atoms with E-state index in [2.05, 4.69) is 10.6 Å². The van der Waals surface area contributed by atoms with Crippen molar-refractivity contribution in [3.63, 3.8) is 0 Å². The van der Waals surface area contributed by atoms with Crippen molar-refractivity contribution in [1.82, 2.24) is 0 Å². The molecule has 1 aromatic carbocycles. The van der Waals surface area contributed by atoms with Gasteiger partial charge < -0.3 is 15.7 Å². The summed E-state index contributed by atoms with van der Waals surface area (Å²) in [6, 6.07) is 4.23. The second-order valence-electron chi connectivity index (χ2n) is 3.74.